The summed E-state index contributed by atoms with van der Waals surface area (Å²) < 4.78 is 0. The Hall–Kier alpha value is -0.770. The Kier molecular flexibility index (Phi) is 8.00. The highest BCUT2D eigenvalue weighted by atomic mass is 35.5. The van der Waals surface area contributed by atoms with Crippen molar-refractivity contribution in [3.63, 3.8) is 0 Å². The number of hydrogen-bond acceptors (Lipinski definition) is 2. The second kappa shape index (κ2) is 8.35. The van der Waals surface area contributed by atoms with E-state index in [9.17, 15) is 4.79 Å². The Morgan fingerprint density at radius 2 is 2.06 bits per heavy atom. The molecule has 0 aliphatic carbocycles. The summed E-state index contributed by atoms with van der Waals surface area (Å²) in [4.78, 5) is 11.7. The lowest BCUT2D eigenvalue weighted by Crippen LogP contribution is -2.30. The van der Waals surface area contributed by atoms with Gasteiger partial charge in [0.15, 0.2) is 0 Å². The summed E-state index contributed by atoms with van der Waals surface area (Å²) in [6.45, 7) is 7.26. The van der Waals surface area contributed by atoms with Gasteiger partial charge in [0.2, 0.25) is 5.91 Å². The zero-order chi connectivity index (χ0) is 12.8. The lowest BCUT2D eigenvalue weighted by molar-refractivity contribution is -0.115. The highest BCUT2D eigenvalue weighted by Gasteiger charge is 2.07. The zero-order valence-corrected chi connectivity index (χ0v) is 12.5. The van der Waals surface area contributed by atoms with Crippen LogP contribution in [0.3, 0.4) is 0 Å². The number of hydrogen-bond donors (Lipinski definition) is 2. The number of carbonyl (C=O) groups is 1. The topological polar surface area (TPSA) is 41.1 Å². The number of rotatable bonds is 5. The van der Waals surface area contributed by atoms with Gasteiger partial charge in [0.25, 0.3) is 0 Å². The van der Waals surface area contributed by atoms with Crippen molar-refractivity contribution in [1.29, 1.82) is 0 Å². The van der Waals surface area contributed by atoms with Gasteiger partial charge in [-0.15, -0.1) is 12.4 Å². The molecular weight excluding hydrogens is 271 g/mol. The molecule has 0 bridgehead atoms. The Balaban J connectivity index is 0.00000289. The largest absolute Gasteiger partial charge is 0.323 e. The standard InChI is InChI=1S/C13H19ClN2O.ClH/c1-9(2)7-15-8-12(17)16-13-10(3)5-4-6-11(13)14;/h4-6,9,15H,7-8H2,1-3H3,(H,16,17);1H. The number of amides is 1. The van der Waals surface area contributed by atoms with Crippen LogP contribution in [0.5, 0.6) is 0 Å². The maximum atomic E-state index is 11.7. The Labute approximate surface area is 120 Å². The molecule has 0 fully saturated rings. The predicted octanol–water partition coefficient (Wildman–Crippen LogP) is 3.25. The van der Waals surface area contributed by atoms with Crippen molar-refractivity contribution in [2.24, 2.45) is 5.92 Å². The Morgan fingerprint density at radius 3 is 2.61 bits per heavy atom. The molecular formula is C13H20Cl2N2O. The van der Waals surface area contributed by atoms with E-state index in [2.05, 4.69) is 24.5 Å². The fourth-order valence-electron chi connectivity index (χ4n) is 1.45. The van der Waals surface area contributed by atoms with E-state index in [4.69, 9.17) is 11.6 Å². The van der Waals surface area contributed by atoms with Crippen molar-refractivity contribution >= 4 is 35.6 Å². The van der Waals surface area contributed by atoms with E-state index in [-0.39, 0.29) is 18.3 Å². The molecule has 102 valence electrons. The molecule has 0 aliphatic rings. The van der Waals surface area contributed by atoms with Crippen LogP contribution in [0.25, 0.3) is 0 Å². The van der Waals surface area contributed by atoms with Gasteiger partial charge in [0, 0.05) is 0 Å². The van der Waals surface area contributed by atoms with Crippen LogP contribution in [0, 0.1) is 12.8 Å². The van der Waals surface area contributed by atoms with Crippen molar-refractivity contribution in [2.75, 3.05) is 18.4 Å². The molecule has 0 saturated carbocycles. The smallest absolute Gasteiger partial charge is 0.238 e. The highest BCUT2D eigenvalue weighted by Crippen LogP contribution is 2.24. The normalized spacial score (nSPS) is 10.1. The van der Waals surface area contributed by atoms with Crippen LogP contribution < -0.4 is 10.6 Å². The van der Waals surface area contributed by atoms with Gasteiger partial charge >= 0.3 is 0 Å². The third-order valence-corrected chi connectivity index (χ3v) is 2.64. The molecule has 18 heavy (non-hydrogen) atoms. The van der Waals surface area contributed by atoms with Crippen molar-refractivity contribution in [3.05, 3.63) is 28.8 Å². The molecule has 0 aromatic heterocycles. The number of aryl methyl sites for hydroxylation is 1. The maximum absolute atomic E-state index is 11.7. The van der Waals surface area contributed by atoms with Gasteiger partial charge < -0.3 is 10.6 Å². The number of nitrogens with one attached hydrogen (secondary N) is 2. The van der Waals surface area contributed by atoms with Crippen LogP contribution in [0.4, 0.5) is 5.69 Å². The number of para-hydroxylation sites is 1. The van der Waals surface area contributed by atoms with Crippen LogP contribution in [-0.4, -0.2) is 19.0 Å². The molecule has 2 N–H and O–H groups in total. The van der Waals surface area contributed by atoms with Crippen LogP contribution in [0.15, 0.2) is 18.2 Å². The van der Waals surface area contributed by atoms with Gasteiger partial charge in [0.1, 0.15) is 0 Å². The number of carbonyl (C=O) groups excluding carboxylic acids is 1. The van der Waals surface area contributed by atoms with E-state index in [0.717, 1.165) is 12.1 Å². The fraction of sp³-hybridized carbons (Fsp3) is 0.462. The number of anilines is 1. The summed E-state index contributed by atoms with van der Waals surface area (Å²) in [6, 6.07) is 5.55. The average molecular weight is 291 g/mol. The summed E-state index contributed by atoms with van der Waals surface area (Å²) in [5, 5.41) is 6.48. The molecule has 0 radical (unpaired) electrons. The minimum atomic E-state index is -0.0677. The van der Waals surface area contributed by atoms with Crippen molar-refractivity contribution < 1.29 is 4.79 Å². The molecule has 0 saturated heterocycles. The summed E-state index contributed by atoms with van der Waals surface area (Å²) >= 11 is 6.02. The van der Waals surface area contributed by atoms with Crippen molar-refractivity contribution in [1.82, 2.24) is 5.32 Å². The summed E-state index contributed by atoms with van der Waals surface area (Å²) in [6.07, 6.45) is 0. The monoisotopic (exact) mass is 290 g/mol. The summed E-state index contributed by atoms with van der Waals surface area (Å²) in [5.74, 6) is 0.465. The quantitative estimate of drug-likeness (QED) is 0.874. The van der Waals surface area contributed by atoms with E-state index in [1.165, 1.54) is 0 Å². The van der Waals surface area contributed by atoms with Gasteiger partial charge in [-0.3, -0.25) is 4.79 Å². The number of benzene rings is 1. The minimum absolute atomic E-state index is 0. The Bertz CT molecular complexity index is 374. The van der Waals surface area contributed by atoms with E-state index >= 15 is 0 Å². The van der Waals surface area contributed by atoms with Gasteiger partial charge in [-0.1, -0.05) is 37.6 Å². The van der Waals surface area contributed by atoms with E-state index in [1.54, 1.807) is 6.07 Å². The van der Waals surface area contributed by atoms with Gasteiger partial charge in [-0.05, 0) is 31.0 Å². The second-order valence-corrected chi connectivity index (χ2v) is 4.91. The third kappa shape index (κ3) is 5.71. The van der Waals surface area contributed by atoms with Crippen LogP contribution >= 0.6 is 24.0 Å². The highest BCUT2D eigenvalue weighted by molar-refractivity contribution is 6.33. The van der Waals surface area contributed by atoms with E-state index < -0.39 is 0 Å². The average Bonchev–Trinajstić information content (AvgIpc) is 2.23. The first-order valence-corrected chi connectivity index (χ1v) is 6.14. The molecule has 1 rings (SSSR count). The molecule has 1 aromatic rings. The molecule has 0 atom stereocenters. The summed E-state index contributed by atoms with van der Waals surface area (Å²) in [7, 11) is 0. The first-order chi connectivity index (χ1) is 8.00. The van der Waals surface area contributed by atoms with Crippen molar-refractivity contribution in [3.8, 4) is 0 Å². The van der Waals surface area contributed by atoms with Crippen molar-refractivity contribution in [2.45, 2.75) is 20.8 Å². The van der Waals surface area contributed by atoms with E-state index in [0.29, 0.717) is 23.2 Å². The van der Waals surface area contributed by atoms with E-state index in [1.807, 2.05) is 19.1 Å². The van der Waals surface area contributed by atoms with Gasteiger partial charge in [-0.25, -0.2) is 0 Å². The molecule has 1 amide bonds. The second-order valence-electron chi connectivity index (χ2n) is 4.50. The SMILES string of the molecule is Cc1cccc(Cl)c1NC(=O)CNCC(C)C.Cl. The van der Waals surface area contributed by atoms with Crippen LogP contribution in [0.2, 0.25) is 5.02 Å². The number of halogens is 2. The molecule has 5 heteroatoms. The van der Waals surface area contributed by atoms with Crippen LogP contribution in [-0.2, 0) is 4.79 Å². The molecule has 0 aliphatic heterocycles. The lowest BCUT2D eigenvalue weighted by Gasteiger charge is -2.11. The maximum Gasteiger partial charge on any atom is 0.238 e. The molecule has 0 spiro atoms. The zero-order valence-electron chi connectivity index (χ0n) is 10.9. The Morgan fingerprint density at radius 1 is 1.39 bits per heavy atom. The fourth-order valence-corrected chi connectivity index (χ4v) is 1.72. The van der Waals surface area contributed by atoms with Crippen LogP contribution in [0.1, 0.15) is 19.4 Å². The summed E-state index contributed by atoms with van der Waals surface area (Å²) in [5.41, 5.74) is 1.67. The first-order valence-electron chi connectivity index (χ1n) is 5.76. The lowest BCUT2D eigenvalue weighted by atomic mass is 10.2. The molecule has 3 nitrogen and oxygen atoms in total. The van der Waals surface area contributed by atoms with Gasteiger partial charge in [0.05, 0.1) is 17.3 Å². The molecule has 0 unspecified atom stereocenters. The van der Waals surface area contributed by atoms with Gasteiger partial charge in [-0.2, -0.15) is 0 Å². The minimum Gasteiger partial charge on any atom is -0.323 e. The molecule has 1 aromatic carbocycles. The predicted molar refractivity (Wildman–Crippen MR) is 79.8 cm³/mol. The molecule has 0 heterocycles. The first kappa shape index (κ1) is 17.2. The third-order valence-electron chi connectivity index (χ3n) is 2.32.